The standard InChI is InChI=1S/C12H24N2O/c1-3-4-5-6-7-8-12-13-9-10-14(12)11(2)15/h9-13,15H,3-8H2,1-2H3. The Morgan fingerprint density at radius 2 is 2.07 bits per heavy atom. The molecule has 0 saturated heterocycles. The van der Waals surface area contributed by atoms with Crippen LogP contribution in [0.3, 0.4) is 0 Å². The minimum absolute atomic E-state index is 0.298. The number of unbranched alkanes of at least 4 members (excludes halogenated alkanes) is 4. The Labute approximate surface area is 93.2 Å². The highest BCUT2D eigenvalue weighted by atomic mass is 16.3. The van der Waals surface area contributed by atoms with Crippen molar-refractivity contribution in [1.29, 1.82) is 0 Å². The summed E-state index contributed by atoms with van der Waals surface area (Å²) in [5.74, 6) is 0. The van der Waals surface area contributed by atoms with E-state index < -0.39 is 6.23 Å². The Balaban J connectivity index is 2.11. The molecule has 0 aromatic carbocycles. The highest BCUT2D eigenvalue weighted by Gasteiger charge is 2.20. The molecule has 0 radical (unpaired) electrons. The Hall–Kier alpha value is -0.700. The summed E-state index contributed by atoms with van der Waals surface area (Å²) in [6, 6.07) is 0. The van der Waals surface area contributed by atoms with E-state index in [1.165, 1.54) is 32.1 Å². The summed E-state index contributed by atoms with van der Waals surface area (Å²) in [6.07, 6.45) is 11.4. The van der Waals surface area contributed by atoms with Crippen molar-refractivity contribution in [3.63, 3.8) is 0 Å². The van der Waals surface area contributed by atoms with Crippen LogP contribution in [-0.2, 0) is 0 Å². The van der Waals surface area contributed by atoms with Crippen LogP contribution in [0.25, 0.3) is 0 Å². The van der Waals surface area contributed by atoms with Gasteiger partial charge in [-0.2, -0.15) is 0 Å². The maximum atomic E-state index is 9.50. The first-order chi connectivity index (χ1) is 7.25. The second-order valence-corrected chi connectivity index (χ2v) is 4.28. The third kappa shape index (κ3) is 4.12. The lowest BCUT2D eigenvalue weighted by Gasteiger charge is -2.28. The summed E-state index contributed by atoms with van der Waals surface area (Å²) in [5, 5.41) is 12.8. The quantitative estimate of drug-likeness (QED) is 0.636. The van der Waals surface area contributed by atoms with E-state index in [-0.39, 0.29) is 0 Å². The molecule has 0 aromatic heterocycles. The van der Waals surface area contributed by atoms with E-state index in [1.54, 1.807) is 6.92 Å². The molecule has 88 valence electrons. The maximum Gasteiger partial charge on any atom is 0.125 e. The monoisotopic (exact) mass is 212 g/mol. The van der Waals surface area contributed by atoms with Crippen molar-refractivity contribution in [2.45, 2.75) is 64.8 Å². The molecule has 2 atom stereocenters. The average Bonchev–Trinajstić information content (AvgIpc) is 2.66. The highest BCUT2D eigenvalue weighted by molar-refractivity contribution is 4.94. The van der Waals surface area contributed by atoms with E-state index in [9.17, 15) is 5.11 Å². The Kier molecular flexibility index (Phi) is 5.54. The minimum Gasteiger partial charge on any atom is -0.374 e. The largest absolute Gasteiger partial charge is 0.374 e. The predicted molar refractivity (Wildman–Crippen MR) is 63.0 cm³/mol. The van der Waals surface area contributed by atoms with E-state index in [1.807, 2.05) is 17.3 Å². The van der Waals surface area contributed by atoms with Crippen molar-refractivity contribution in [3.05, 3.63) is 12.4 Å². The number of hydrogen-bond acceptors (Lipinski definition) is 3. The van der Waals surface area contributed by atoms with Gasteiger partial charge in [-0.3, -0.25) is 0 Å². The molecule has 1 heterocycles. The number of rotatable bonds is 7. The smallest absolute Gasteiger partial charge is 0.125 e. The number of hydrogen-bond donors (Lipinski definition) is 2. The zero-order valence-corrected chi connectivity index (χ0v) is 9.95. The summed E-state index contributed by atoms with van der Waals surface area (Å²) in [7, 11) is 0. The molecule has 0 saturated carbocycles. The zero-order chi connectivity index (χ0) is 11.1. The lowest BCUT2D eigenvalue weighted by atomic mass is 10.1. The van der Waals surface area contributed by atoms with Crippen LogP contribution >= 0.6 is 0 Å². The molecule has 1 rings (SSSR count). The molecular formula is C12H24N2O. The maximum absolute atomic E-state index is 9.50. The Bertz CT molecular complexity index is 192. The van der Waals surface area contributed by atoms with E-state index in [0.717, 1.165) is 6.42 Å². The molecule has 0 aromatic rings. The predicted octanol–water partition coefficient (Wildman–Crippen LogP) is 2.39. The molecule has 2 N–H and O–H groups in total. The summed E-state index contributed by atoms with van der Waals surface area (Å²) >= 11 is 0. The van der Waals surface area contributed by atoms with Gasteiger partial charge in [-0.15, -0.1) is 0 Å². The van der Waals surface area contributed by atoms with Gasteiger partial charge in [0.25, 0.3) is 0 Å². The molecule has 0 spiro atoms. The number of aliphatic hydroxyl groups is 1. The average molecular weight is 212 g/mol. The van der Waals surface area contributed by atoms with Gasteiger partial charge < -0.3 is 15.3 Å². The van der Waals surface area contributed by atoms with Crippen LogP contribution in [0.1, 0.15) is 52.4 Å². The molecule has 0 bridgehead atoms. The topological polar surface area (TPSA) is 35.5 Å². The first-order valence-corrected chi connectivity index (χ1v) is 6.14. The highest BCUT2D eigenvalue weighted by Crippen LogP contribution is 2.15. The molecule has 0 fully saturated rings. The van der Waals surface area contributed by atoms with Gasteiger partial charge in [0.05, 0.1) is 0 Å². The third-order valence-corrected chi connectivity index (χ3v) is 2.91. The van der Waals surface area contributed by atoms with E-state index in [2.05, 4.69) is 12.2 Å². The molecule has 2 unspecified atom stereocenters. The normalized spacial score (nSPS) is 21.8. The van der Waals surface area contributed by atoms with E-state index >= 15 is 0 Å². The van der Waals surface area contributed by atoms with Crippen LogP contribution in [-0.4, -0.2) is 22.4 Å². The lowest BCUT2D eigenvalue weighted by Crippen LogP contribution is -2.40. The molecular weight excluding hydrogens is 188 g/mol. The van der Waals surface area contributed by atoms with Crippen molar-refractivity contribution in [3.8, 4) is 0 Å². The van der Waals surface area contributed by atoms with Crippen LogP contribution in [0, 0.1) is 0 Å². The molecule has 0 aliphatic carbocycles. The molecule has 1 aliphatic heterocycles. The van der Waals surface area contributed by atoms with Crippen LogP contribution in [0.4, 0.5) is 0 Å². The van der Waals surface area contributed by atoms with Gasteiger partial charge in [-0.05, 0) is 19.8 Å². The number of aliphatic hydroxyl groups excluding tert-OH is 1. The van der Waals surface area contributed by atoms with Gasteiger partial charge in [-0.1, -0.05) is 32.6 Å². The molecule has 1 aliphatic rings. The van der Waals surface area contributed by atoms with E-state index in [0.29, 0.717) is 6.17 Å². The van der Waals surface area contributed by atoms with Gasteiger partial charge >= 0.3 is 0 Å². The van der Waals surface area contributed by atoms with Crippen LogP contribution in [0.15, 0.2) is 12.4 Å². The number of nitrogens with zero attached hydrogens (tertiary/aromatic N) is 1. The third-order valence-electron chi connectivity index (χ3n) is 2.91. The molecule has 3 nitrogen and oxygen atoms in total. The first-order valence-electron chi connectivity index (χ1n) is 6.14. The van der Waals surface area contributed by atoms with Gasteiger partial charge in [-0.25, -0.2) is 0 Å². The first kappa shape index (κ1) is 12.4. The molecule has 3 heteroatoms. The fraction of sp³-hybridized carbons (Fsp3) is 0.833. The van der Waals surface area contributed by atoms with Crippen molar-refractivity contribution in [1.82, 2.24) is 10.2 Å². The summed E-state index contributed by atoms with van der Waals surface area (Å²) in [5.41, 5.74) is 0. The zero-order valence-electron chi connectivity index (χ0n) is 9.95. The molecule has 15 heavy (non-hydrogen) atoms. The fourth-order valence-corrected chi connectivity index (χ4v) is 1.99. The van der Waals surface area contributed by atoms with Gasteiger partial charge in [0, 0.05) is 12.4 Å². The lowest BCUT2D eigenvalue weighted by molar-refractivity contribution is 0.0254. The second kappa shape index (κ2) is 6.72. The van der Waals surface area contributed by atoms with Gasteiger partial charge in [0.15, 0.2) is 0 Å². The van der Waals surface area contributed by atoms with Crippen molar-refractivity contribution in [2.75, 3.05) is 0 Å². The fourth-order valence-electron chi connectivity index (χ4n) is 1.99. The summed E-state index contributed by atoms with van der Waals surface area (Å²) in [4.78, 5) is 1.97. The van der Waals surface area contributed by atoms with Gasteiger partial charge in [0.1, 0.15) is 12.4 Å². The number of nitrogens with one attached hydrogen (secondary N) is 1. The SMILES string of the molecule is CCCCCCCC1NC=CN1C(C)O. The van der Waals surface area contributed by atoms with Crippen LogP contribution in [0.2, 0.25) is 0 Å². The Morgan fingerprint density at radius 1 is 1.33 bits per heavy atom. The molecule has 0 amide bonds. The van der Waals surface area contributed by atoms with Crippen molar-refractivity contribution in [2.24, 2.45) is 0 Å². The van der Waals surface area contributed by atoms with Crippen molar-refractivity contribution < 1.29 is 5.11 Å². The van der Waals surface area contributed by atoms with Crippen LogP contribution < -0.4 is 5.32 Å². The second-order valence-electron chi connectivity index (χ2n) is 4.28. The summed E-state index contributed by atoms with van der Waals surface area (Å²) < 4.78 is 0. The Morgan fingerprint density at radius 3 is 2.73 bits per heavy atom. The van der Waals surface area contributed by atoms with E-state index in [4.69, 9.17) is 0 Å². The summed E-state index contributed by atoms with van der Waals surface area (Å²) in [6.45, 7) is 4.04. The van der Waals surface area contributed by atoms with Crippen LogP contribution in [0.5, 0.6) is 0 Å². The van der Waals surface area contributed by atoms with Gasteiger partial charge in [0.2, 0.25) is 0 Å². The minimum atomic E-state index is -0.392. The van der Waals surface area contributed by atoms with Crippen molar-refractivity contribution >= 4 is 0 Å².